The Kier molecular flexibility index (Phi) is 5.15. The van der Waals surface area contributed by atoms with Gasteiger partial charge in [0.15, 0.2) is 5.72 Å². The molecule has 1 aliphatic rings. The van der Waals surface area contributed by atoms with Gasteiger partial charge in [0.25, 0.3) is 5.91 Å². The Balaban J connectivity index is 2.06. The smallest absolute Gasteiger partial charge is 0.365 e. The number of aliphatic hydroxyl groups is 1. The molecule has 2 aromatic carbocycles. The molecule has 0 fully saturated rings. The van der Waals surface area contributed by atoms with E-state index in [9.17, 15) is 23.1 Å². The maximum Gasteiger partial charge on any atom is 0.431 e. The number of hydrazone groups is 1. The number of alkyl halides is 3. The van der Waals surface area contributed by atoms with Crippen molar-refractivity contribution < 1.29 is 23.1 Å². The molecule has 136 valence electrons. The van der Waals surface area contributed by atoms with Crippen LogP contribution in [0.1, 0.15) is 22.3 Å². The van der Waals surface area contributed by atoms with Crippen LogP contribution in [0.2, 0.25) is 0 Å². The van der Waals surface area contributed by atoms with Crippen molar-refractivity contribution >= 4 is 50.1 Å². The Morgan fingerprint density at radius 3 is 2.27 bits per heavy atom. The van der Waals surface area contributed by atoms with Crippen LogP contribution in [0, 0.1) is 3.57 Å². The maximum absolute atomic E-state index is 13.2. The molecule has 0 radical (unpaired) electrons. The fourth-order valence-electron chi connectivity index (χ4n) is 2.57. The Bertz CT molecular complexity index is 869. The molecule has 1 aliphatic heterocycles. The van der Waals surface area contributed by atoms with Gasteiger partial charge in [-0.15, -0.1) is 0 Å². The zero-order valence-electron chi connectivity index (χ0n) is 13.0. The Morgan fingerprint density at radius 2 is 1.73 bits per heavy atom. The van der Waals surface area contributed by atoms with Crippen LogP contribution in [0.3, 0.4) is 0 Å². The summed E-state index contributed by atoms with van der Waals surface area (Å²) in [7, 11) is 0. The van der Waals surface area contributed by atoms with E-state index in [4.69, 9.17) is 0 Å². The van der Waals surface area contributed by atoms with Crippen molar-refractivity contribution in [2.24, 2.45) is 5.10 Å². The average Bonchev–Trinajstić information content (AvgIpc) is 2.94. The van der Waals surface area contributed by atoms with Crippen molar-refractivity contribution in [1.82, 2.24) is 5.01 Å². The van der Waals surface area contributed by atoms with Crippen molar-refractivity contribution in [3.8, 4) is 0 Å². The topological polar surface area (TPSA) is 52.9 Å². The number of halogens is 5. The lowest BCUT2D eigenvalue weighted by molar-refractivity contribution is -0.0816. The fraction of sp³-hybridized carbons (Fsp3) is 0.176. The first kappa shape index (κ1) is 19.3. The monoisotopic (exact) mass is 538 g/mol. The first-order valence-corrected chi connectivity index (χ1v) is 9.22. The lowest BCUT2D eigenvalue weighted by Gasteiger charge is -2.31. The van der Waals surface area contributed by atoms with Gasteiger partial charge in [0.05, 0.1) is 6.42 Å². The fourth-order valence-corrected chi connectivity index (χ4v) is 3.20. The highest BCUT2D eigenvalue weighted by Gasteiger charge is 2.53. The van der Waals surface area contributed by atoms with E-state index in [2.05, 4.69) is 21.0 Å². The number of carbonyl (C=O) groups is 1. The Morgan fingerprint density at radius 1 is 1.15 bits per heavy atom. The lowest BCUT2D eigenvalue weighted by Crippen LogP contribution is -2.43. The lowest BCUT2D eigenvalue weighted by atomic mass is 9.96. The summed E-state index contributed by atoms with van der Waals surface area (Å²) >= 11 is 5.28. The highest BCUT2D eigenvalue weighted by molar-refractivity contribution is 14.1. The molecule has 1 atom stereocenters. The molecule has 2 aromatic rings. The summed E-state index contributed by atoms with van der Waals surface area (Å²) in [6.07, 6.45) is -5.58. The Hall–Kier alpha value is -1.46. The molecule has 0 saturated heterocycles. The van der Waals surface area contributed by atoms with E-state index in [1.807, 2.05) is 22.6 Å². The third-order valence-corrected chi connectivity index (χ3v) is 5.15. The van der Waals surface area contributed by atoms with Crippen molar-refractivity contribution in [3.05, 3.63) is 67.7 Å². The van der Waals surface area contributed by atoms with Gasteiger partial charge in [0.1, 0.15) is 5.71 Å². The standard InChI is InChI=1S/C17H11BrF3IN2O2/c18-12-5-3-11(4-6-12)16(26)9-14(17(19,20)21)23-24(16)15(25)10-1-7-13(22)8-2-10/h1-8,26H,9H2/t16-/m1/s1. The summed E-state index contributed by atoms with van der Waals surface area (Å²) in [6, 6.07) is 12.3. The second-order valence-electron chi connectivity index (χ2n) is 5.67. The van der Waals surface area contributed by atoms with E-state index in [1.165, 1.54) is 24.3 Å². The molecule has 1 heterocycles. The number of rotatable bonds is 2. The third kappa shape index (κ3) is 3.65. The molecule has 0 unspecified atom stereocenters. The van der Waals surface area contributed by atoms with Gasteiger partial charge >= 0.3 is 6.18 Å². The van der Waals surface area contributed by atoms with Crippen LogP contribution >= 0.6 is 38.5 Å². The van der Waals surface area contributed by atoms with Gasteiger partial charge in [-0.1, -0.05) is 28.1 Å². The zero-order chi connectivity index (χ0) is 19.1. The quantitative estimate of drug-likeness (QED) is 0.565. The summed E-state index contributed by atoms with van der Waals surface area (Å²) in [6.45, 7) is 0. The molecule has 0 aliphatic carbocycles. The summed E-state index contributed by atoms with van der Waals surface area (Å²) < 4.78 is 41.1. The van der Waals surface area contributed by atoms with E-state index in [0.717, 1.165) is 3.57 Å². The van der Waals surface area contributed by atoms with Gasteiger partial charge in [0, 0.05) is 19.2 Å². The van der Waals surface area contributed by atoms with E-state index in [0.29, 0.717) is 9.48 Å². The first-order valence-electron chi connectivity index (χ1n) is 7.34. The van der Waals surface area contributed by atoms with E-state index in [-0.39, 0.29) is 11.1 Å². The van der Waals surface area contributed by atoms with E-state index in [1.54, 1.807) is 24.3 Å². The third-order valence-electron chi connectivity index (χ3n) is 3.90. The second-order valence-corrected chi connectivity index (χ2v) is 7.83. The minimum atomic E-state index is -4.75. The van der Waals surface area contributed by atoms with E-state index >= 15 is 0 Å². The van der Waals surface area contributed by atoms with Gasteiger partial charge in [-0.25, -0.2) is 0 Å². The molecule has 0 bridgehead atoms. The summed E-state index contributed by atoms with van der Waals surface area (Å²) in [5, 5.41) is 14.9. The van der Waals surface area contributed by atoms with Crippen molar-refractivity contribution in [2.75, 3.05) is 0 Å². The molecule has 26 heavy (non-hydrogen) atoms. The van der Waals surface area contributed by atoms with Gasteiger partial charge in [-0.05, 0) is 59.0 Å². The highest BCUT2D eigenvalue weighted by atomic mass is 127. The van der Waals surface area contributed by atoms with Gasteiger partial charge in [-0.3, -0.25) is 4.79 Å². The van der Waals surface area contributed by atoms with Crippen LogP contribution in [0.5, 0.6) is 0 Å². The molecule has 0 aromatic heterocycles. The van der Waals surface area contributed by atoms with Crippen LogP contribution < -0.4 is 0 Å². The number of amides is 1. The molecular formula is C17H11BrF3IN2O2. The van der Waals surface area contributed by atoms with Crippen molar-refractivity contribution in [2.45, 2.75) is 18.3 Å². The molecule has 0 saturated carbocycles. The molecule has 1 amide bonds. The van der Waals surface area contributed by atoms with Crippen LogP contribution in [-0.4, -0.2) is 27.9 Å². The molecular weight excluding hydrogens is 528 g/mol. The van der Waals surface area contributed by atoms with E-state index < -0.39 is 29.9 Å². The summed E-state index contributed by atoms with van der Waals surface area (Å²) in [5.74, 6) is -0.814. The summed E-state index contributed by atoms with van der Waals surface area (Å²) in [5.41, 5.74) is -3.15. The number of hydrogen-bond acceptors (Lipinski definition) is 3. The number of benzene rings is 2. The molecule has 9 heteroatoms. The Labute approximate surface area is 169 Å². The first-order chi connectivity index (χ1) is 12.1. The minimum absolute atomic E-state index is 0.133. The zero-order valence-corrected chi connectivity index (χ0v) is 16.7. The van der Waals surface area contributed by atoms with Crippen molar-refractivity contribution in [1.29, 1.82) is 0 Å². The SMILES string of the molecule is O=C(c1ccc(I)cc1)N1N=C(C(F)(F)F)C[C@@]1(O)c1ccc(Br)cc1. The average molecular weight is 539 g/mol. The normalized spacial score (nSPS) is 20.2. The maximum atomic E-state index is 13.2. The molecule has 3 rings (SSSR count). The van der Waals surface area contributed by atoms with Crippen LogP contribution in [0.25, 0.3) is 0 Å². The molecule has 4 nitrogen and oxygen atoms in total. The number of nitrogens with zero attached hydrogens (tertiary/aromatic N) is 2. The van der Waals surface area contributed by atoms with Gasteiger partial charge < -0.3 is 5.11 Å². The summed E-state index contributed by atoms with van der Waals surface area (Å²) in [4.78, 5) is 12.8. The predicted octanol–water partition coefficient (Wildman–Crippen LogP) is 4.66. The largest absolute Gasteiger partial charge is 0.431 e. The van der Waals surface area contributed by atoms with Crippen LogP contribution in [0.15, 0.2) is 58.1 Å². The van der Waals surface area contributed by atoms with Crippen LogP contribution in [0.4, 0.5) is 13.2 Å². The van der Waals surface area contributed by atoms with Gasteiger partial charge in [-0.2, -0.15) is 23.3 Å². The van der Waals surface area contributed by atoms with Gasteiger partial charge in [0.2, 0.25) is 0 Å². The van der Waals surface area contributed by atoms with Crippen molar-refractivity contribution in [3.63, 3.8) is 0 Å². The number of carbonyl (C=O) groups excluding carboxylic acids is 1. The van der Waals surface area contributed by atoms with Crippen LogP contribution in [-0.2, 0) is 5.72 Å². The predicted molar refractivity (Wildman–Crippen MR) is 101 cm³/mol. The minimum Gasteiger partial charge on any atom is -0.365 e. The molecule has 0 spiro atoms. The highest BCUT2D eigenvalue weighted by Crippen LogP contribution is 2.40. The molecule has 1 N–H and O–H groups in total. The second kappa shape index (κ2) is 6.93. The number of hydrogen-bond donors (Lipinski definition) is 1.